The quantitative estimate of drug-likeness (QED) is 0.357. The van der Waals surface area contributed by atoms with Crippen LogP contribution in [0, 0.1) is 0 Å². The summed E-state index contributed by atoms with van der Waals surface area (Å²) >= 11 is 0. The number of hydrogen-bond donors (Lipinski definition) is 1. The fourth-order valence-corrected chi connectivity index (χ4v) is 5.33. The summed E-state index contributed by atoms with van der Waals surface area (Å²) in [6.07, 6.45) is 5.71. The molecule has 8 nitrogen and oxygen atoms in total. The van der Waals surface area contributed by atoms with Crippen LogP contribution in [0.5, 0.6) is 5.75 Å². The lowest BCUT2D eigenvalue weighted by Crippen LogP contribution is -2.35. The molecule has 0 spiro atoms. The van der Waals surface area contributed by atoms with Crippen molar-refractivity contribution in [3.63, 3.8) is 0 Å². The Morgan fingerprint density at radius 2 is 1.89 bits per heavy atom. The van der Waals surface area contributed by atoms with Crippen molar-refractivity contribution in [3.05, 3.63) is 81.9 Å². The van der Waals surface area contributed by atoms with Crippen molar-refractivity contribution in [2.75, 3.05) is 13.2 Å². The number of aromatic nitrogens is 5. The Morgan fingerprint density at radius 1 is 1.08 bits per heavy atom. The maximum absolute atomic E-state index is 13.5. The van der Waals surface area contributed by atoms with Gasteiger partial charge >= 0.3 is 0 Å². The first-order chi connectivity index (χ1) is 17.7. The van der Waals surface area contributed by atoms with Gasteiger partial charge in [0.05, 0.1) is 12.6 Å². The highest BCUT2D eigenvalue weighted by atomic mass is 16.5. The average molecular weight is 487 g/mol. The van der Waals surface area contributed by atoms with Crippen LogP contribution in [0.2, 0.25) is 0 Å². The van der Waals surface area contributed by atoms with Crippen LogP contribution in [-0.2, 0) is 6.54 Å². The highest BCUT2D eigenvalue weighted by Gasteiger charge is 2.32. The van der Waals surface area contributed by atoms with Crippen LogP contribution in [-0.4, -0.2) is 43.2 Å². The Bertz CT molecular complexity index is 1340. The van der Waals surface area contributed by atoms with Crippen LogP contribution in [0.1, 0.15) is 75.0 Å². The lowest BCUT2D eigenvalue weighted by Gasteiger charge is -2.32. The van der Waals surface area contributed by atoms with E-state index in [0.29, 0.717) is 18.7 Å². The summed E-state index contributed by atoms with van der Waals surface area (Å²) in [5.41, 5.74) is 2.47. The molecule has 5 rings (SSSR count). The molecule has 1 aliphatic carbocycles. The highest BCUT2D eigenvalue weighted by Crippen LogP contribution is 2.34. The molecule has 0 radical (unpaired) electrons. The summed E-state index contributed by atoms with van der Waals surface area (Å²) in [6, 6.07) is 17.9. The zero-order valence-electron chi connectivity index (χ0n) is 21.1. The number of ether oxygens (including phenoxy) is 1. The minimum absolute atomic E-state index is 0.124. The Balaban J connectivity index is 1.64. The molecule has 188 valence electrons. The van der Waals surface area contributed by atoms with Crippen molar-refractivity contribution < 1.29 is 4.74 Å². The molecule has 0 bridgehead atoms. The van der Waals surface area contributed by atoms with Crippen molar-refractivity contribution in [2.24, 2.45) is 0 Å². The Labute approximate surface area is 211 Å². The van der Waals surface area contributed by atoms with Gasteiger partial charge in [-0.05, 0) is 66.6 Å². The molecule has 1 N–H and O–H groups in total. The second kappa shape index (κ2) is 11.0. The summed E-state index contributed by atoms with van der Waals surface area (Å²) in [4.78, 5) is 18.9. The SMILES string of the molecule is CCOc1ccc2[nH]c(=O)c([C@H](c3nnnn3C3CCCCC3)N(CC)Cc3ccccc3)cc2c1. The molecule has 0 saturated heterocycles. The second-order valence-electron chi connectivity index (χ2n) is 9.46. The third-order valence-electron chi connectivity index (χ3n) is 7.13. The van der Waals surface area contributed by atoms with Crippen LogP contribution < -0.4 is 10.3 Å². The molecule has 36 heavy (non-hydrogen) atoms. The van der Waals surface area contributed by atoms with Gasteiger partial charge in [-0.25, -0.2) is 4.68 Å². The Kier molecular flexibility index (Phi) is 7.41. The van der Waals surface area contributed by atoms with Gasteiger partial charge in [0.15, 0.2) is 5.82 Å². The van der Waals surface area contributed by atoms with E-state index in [-0.39, 0.29) is 11.6 Å². The first-order valence-corrected chi connectivity index (χ1v) is 13.0. The van der Waals surface area contributed by atoms with E-state index >= 15 is 0 Å². The monoisotopic (exact) mass is 486 g/mol. The van der Waals surface area contributed by atoms with Crippen LogP contribution in [0.25, 0.3) is 10.9 Å². The number of rotatable bonds is 9. The van der Waals surface area contributed by atoms with Crippen LogP contribution in [0.4, 0.5) is 0 Å². The molecule has 1 fully saturated rings. The fraction of sp³-hybridized carbons (Fsp3) is 0.429. The van der Waals surface area contributed by atoms with Gasteiger partial charge in [-0.15, -0.1) is 5.10 Å². The molecule has 2 aromatic heterocycles. The van der Waals surface area contributed by atoms with E-state index in [0.717, 1.165) is 41.9 Å². The Hall–Kier alpha value is -3.52. The average Bonchev–Trinajstić information content (AvgIpc) is 3.39. The normalized spacial score (nSPS) is 15.4. The summed E-state index contributed by atoms with van der Waals surface area (Å²) in [7, 11) is 0. The van der Waals surface area contributed by atoms with Crippen molar-refractivity contribution in [3.8, 4) is 5.75 Å². The van der Waals surface area contributed by atoms with Gasteiger partial charge in [0, 0.05) is 23.0 Å². The number of H-pyrrole nitrogens is 1. The molecule has 2 aromatic carbocycles. The Morgan fingerprint density at radius 3 is 2.64 bits per heavy atom. The molecule has 1 saturated carbocycles. The number of hydrogen-bond acceptors (Lipinski definition) is 6. The van der Waals surface area contributed by atoms with Gasteiger partial charge in [-0.1, -0.05) is 56.5 Å². The molecular weight excluding hydrogens is 452 g/mol. The minimum Gasteiger partial charge on any atom is -0.494 e. The van der Waals surface area contributed by atoms with Crippen molar-refractivity contribution in [1.82, 2.24) is 30.1 Å². The lowest BCUT2D eigenvalue weighted by atomic mass is 9.95. The zero-order chi connectivity index (χ0) is 24.9. The predicted octanol–water partition coefficient (Wildman–Crippen LogP) is 5.03. The smallest absolute Gasteiger partial charge is 0.253 e. The third-order valence-corrected chi connectivity index (χ3v) is 7.13. The van der Waals surface area contributed by atoms with E-state index in [9.17, 15) is 4.79 Å². The predicted molar refractivity (Wildman–Crippen MR) is 140 cm³/mol. The van der Waals surface area contributed by atoms with E-state index < -0.39 is 6.04 Å². The number of benzene rings is 2. The highest BCUT2D eigenvalue weighted by molar-refractivity contribution is 5.80. The molecule has 0 unspecified atom stereocenters. The van der Waals surface area contributed by atoms with Gasteiger partial charge in [0.2, 0.25) is 0 Å². The number of pyridine rings is 1. The summed E-state index contributed by atoms with van der Waals surface area (Å²) in [5.74, 6) is 1.51. The first-order valence-electron chi connectivity index (χ1n) is 13.0. The molecular formula is C28H34N6O2. The second-order valence-corrected chi connectivity index (χ2v) is 9.46. The number of nitrogens with zero attached hydrogens (tertiary/aromatic N) is 5. The minimum atomic E-state index is -0.393. The van der Waals surface area contributed by atoms with E-state index in [2.05, 4.69) is 44.5 Å². The summed E-state index contributed by atoms with van der Waals surface area (Å²) < 4.78 is 7.71. The van der Waals surface area contributed by atoms with Gasteiger partial charge in [-0.2, -0.15) is 0 Å². The molecule has 8 heteroatoms. The molecule has 0 amide bonds. The van der Waals surface area contributed by atoms with Crippen molar-refractivity contribution >= 4 is 10.9 Å². The standard InChI is InChI=1S/C28H34N6O2/c1-3-33(19-20-11-7-5-8-12-20)26(27-30-31-32-34(27)22-13-9-6-10-14-22)24-18-21-17-23(36-4-2)15-16-25(21)29-28(24)35/h5,7-8,11-12,15-18,22,26H,3-4,6,9-10,13-14,19H2,1-2H3,(H,29,35)/t26-/m1/s1. The summed E-state index contributed by atoms with van der Waals surface area (Å²) in [6.45, 7) is 6.07. The van der Waals surface area contributed by atoms with E-state index in [4.69, 9.17) is 4.74 Å². The van der Waals surface area contributed by atoms with Crippen LogP contribution >= 0.6 is 0 Å². The maximum Gasteiger partial charge on any atom is 0.253 e. The zero-order valence-corrected chi connectivity index (χ0v) is 21.1. The lowest BCUT2D eigenvalue weighted by molar-refractivity contribution is 0.204. The van der Waals surface area contributed by atoms with E-state index in [1.807, 2.05) is 54.1 Å². The first kappa shape index (κ1) is 24.2. The van der Waals surface area contributed by atoms with E-state index in [1.54, 1.807) is 0 Å². The molecule has 4 aromatic rings. The summed E-state index contributed by atoms with van der Waals surface area (Å²) in [5, 5.41) is 14.0. The van der Waals surface area contributed by atoms with Crippen LogP contribution in [0.3, 0.4) is 0 Å². The fourth-order valence-electron chi connectivity index (χ4n) is 5.33. The van der Waals surface area contributed by atoms with Gasteiger partial charge in [0.25, 0.3) is 5.56 Å². The van der Waals surface area contributed by atoms with Gasteiger partial charge in [-0.3, -0.25) is 9.69 Å². The topological polar surface area (TPSA) is 88.9 Å². The number of tetrazole rings is 1. The molecule has 0 aliphatic heterocycles. The maximum atomic E-state index is 13.5. The largest absolute Gasteiger partial charge is 0.494 e. The van der Waals surface area contributed by atoms with E-state index in [1.165, 1.54) is 24.8 Å². The van der Waals surface area contributed by atoms with Gasteiger partial charge < -0.3 is 9.72 Å². The molecule has 1 aliphatic rings. The van der Waals surface area contributed by atoms with Gasteiger partial charge in [0.1, 0.15) is 11.8 Å². The van der Waals surface area contributed by atoms with Crippen molar-refractivity contribution in [1.29, 1.82) is 0 Å². The number of nitrogens with one attached hydrogen (secondary N) is 1. The van der Waals surface area contributed by atoms with Crippen molar-refractivity contribution in [2.45, 2.75) is 64.6 Å². The van der Waals surface area contributed by atoms with Crippen LogP contribution in [0.15, 0.2) is 59.4 Å². The third kappa shape index (κ3) is 5.04. The number of aromatic amines is 1. The number of fused-ring (bicyclic) bond motifs is 1. The molecule has 2 heterocycles. The molecule has 1 atom stereocenters.